The molecule has 1 aromatic rings. The number of hydrogen-bond acceptors (Lipinski definition) is 3. The summed E-state index contributed by atoms with van der Waals surface area (Å²) < 4.78 is 0. The summed E-state index contributed by atoms with van der Waals surface area (Å²) in [5.41, 5.74) is 6.99. The van der Waals surface area contributed by atoms with Crippen LogP contribution in [0.4, 0.5) is 5.69 Å². The maximum Gasteiger partial charge on any atom is 0.229 e. The van der Waals surface area contributed by atoms with E-state index in [2.05, 4.69) is 4.90 Å². The molecule has 0 radical (unpaired) electrons. The van der Waals surface area contributed by atoms with Crippen molar-refractivity contribution in [2.24, 2.45) is 11.7 Å². The summed E-state index contributed by atoms with van der Waals surface area (Å²) in [4.78, 5) is 16.7. The highest BCUT2D eigenvalue weighted by molar-refractivity contribution is 6.30. The van der Waals surface area contributed by atoms with Crippen LogP contribution < -0.4 is 10.6 Å². The second-order valence-corrected chi connectivity index (χ2v) is 6.12. The molecule has 0 saturated carbocycles. The van der Waals surface area contributed by atoms with E-state index in [1.54, 1.807) is 0 Å². The Hall–Kier alpha value is -1.52. The molecule has 112 valence electrons. The maximum absolute atomic E-state index is 12.4. The van der Waals surface area contributed by atoms with Crippen LogP contribution >= 0.6 is 11.6 Å². The van der Waals surface area contributed by atoms with Gasteiger partial charge in [0.1, 0.15) is 0 Å². The van der Waals surface area contributed by atoms with Crippen molar-refractivity contribution in [2.75, 3.05) is 31.1 Å². The SMILES string of the molecule is NC1C=CC(C(=O)N2CCN(c3ccc(Cl)cc3)CC2)C1. The van der Waals surface area contributed by atoms with Crippen LogP contribution in [0.25, 0.3) is 0 Å². The fourth-order valence-corrected chi connectivity index (χ4v) is 3.11. The van der Waals surface area contributed by atoms with Crippen molar-refractivity contribution in [3.8, 4) is 0 Å². The molecule has 1 aromatic carbocycles. The number of hydrogen-bond donors (Lipinski definition) is 1. The first kappa shape index (κ1) is 14.4. The van der Waals surface area contributed by atoms with Gasteiger partial charge in [0, 0.05) is 42.9 Å². The molecule has 1 heterocycles. The fourth-order valence-electron chi connectivity index (χ4n) is 2.98. The molecule has 2 N–H and O–H groups in total. The Morgan fingerprint density at radius 3 is 2.33 bits per heavy atom. The number of piperazine rings is 1. The van der Waals surface area contributed by atoms with Gasteiger partial charge in [-0.15, -0.1) is 0 Å². The molecular formula is C16H20ClN3O. The Morgan fingerprint density at radius 2 is 1.76 bits per heavy atom. The molecule has 1 saturated heterocycles. The van der Waals surface area contributed by atoms with Crippen LogP contribution in [0.3, 0.4) is 0 Å². The van der Waals surface area contributed by atoms with Crippen molar-refractivity contribution < 1.29 is 4.79 Å². The van der Waals surface area contributed by atoms with Gasteiger partial charge in [-0.1, -0.05) is 23.8 Å². The molecule has 1 aliphatic carbocycles. The lowest BCUT2D eigenvalue weighted by Crippen LogP contribution is -2.50. The molecular weight excluding hydrogens is 286 g/mol. The average Bonchev–Trinajstić information content (AvgIpc) is 2.94. The third-order valence-corrected chi connectivity index (χ3v) is 4.47. The highest BCUT2D eigenvalue weighted by Crippen LogP contribution is 2.22. The lowest BCUT2D eigenvalue weighted by atomic mass is 10.1. The third-order valence-electron chi connectivity index (χ3n) is 4.22. The number of halogens is 1. The molecule has 1 aliphatic heterocycles. The number of carbonyl (C=O) groups is 1. The van der Waals surface area contributed by atoms with Gasteiger partial charge in [-0.05, 0) is 30.7 Å². The summed E-state index contributed by atoms with van der Waals surface area (Å²) in [5, 5.41) is 0.747. The molecule has 2 aliphatic rings. The molecule has 2 unspecified atom stereocenters. The van der Waals surface area contributed by atoms with Crippen LogP contribution in [-0.2, 0) is 4.79 Å². The fraction of sp³-hybridized carbons (Fsp3) is 0.438. The highest BCUT2D eigenvalue weighted by atomic mass is 35.5. The summed E-state index contributed by atoms with van der Waals surface area (Å²) in [5.74, 6) is 0.192. The second-order valence-electron chi connectivity index (χ2n) is 5.68. The predicted octanol–water partition coefficient (Wildman–Crippen LogP) is 1.89. The minimum atomic E-state index is -0.0259. The van der Waals surface area contributed by atoms with Gasteiger partial charge in [0.25, 0.3) is 0 Å². The van der Waals surface area contributed by atoms with E-state index in [1.165, 1.54) is 0 Å². The number of rotatable bonds is 2. The van der Waals surface area contributed by atoms with E-state index in [0.29, 0.717) is 0 Å². The van der Waals surface area contributed by atoms with Gasteiger partial charge >= 0.3 is 0 Å². The topological polar surface area (TPSA) is 49.6 Å². The van der Waals surface area contributed by atoms with Crippen molar-refractivity contribution in [2.45, 2.75) is 12.5 Å². The van der Waals surface area contributed by atoms with Gasteiger partial charge in [0.2, 0.25) is 5.91 Å². The zero-order chi connectivity index (χ0) is 14.8. The summed E-state index contributed by atoms with van der Waals surface area (Å²) in [6, 6.07) is 7.89. The van der Waals surface area contributed by atoms with Crippen molar-refractivity contribution in [1.82, 2.24) is 4.90 Å². The Labute approximate surface area is 130 Å². The van der Waals surface area contributed by atoms with E-state index >= 15 is 0 Å². The molecule has 1 fully saturated rings. The monoisotopic (exact) mass is 305 g/mol. The van der Waals surface area contributed by atoms with Crippen LogP contribution in [-0.4, -0.2) is 43.0 Å². The van der Waals surface area contributed by atoms with Crippen molar-refractivity contribution in [1.29, 1.82) is 0 Å². The molecule has 1 amide bonds. The molecule has 2 atom stereocenters. The van der Waals surface area contributed by atoms with E-state index in [0.717, 1.165) is 43.3 Å². The van der Waals surface area contributed by atoms with Crippen LogP contribution in [0.5, 0.6) is 0 Å². The van der Waals surface area contributed by atoms with Crippen molar-refractivity contribution in [3.05, 3.63) is 41.4 Å². The lowest BCUT2D eigenvalue weighted by molar-refractivity contribution is -0.134. The first-order valence-electron chi connectivity index (χ1n) is 7.37. The smallest absolute Gasteiger partial charge is 0.229 e. The minimum Gasteiger partial charge on any atom is -0.368 e. The van der Waals surface area contributed by atoms with E-state index in [-0.39, 0.29) is 17.9 Å². The minimum absolute atomic E-state index is 0.0259. The van der Waals surface area contributed by atoms with Gasteiger partial charge in [0.15, 0.2) is 0 Å². The zero-order valence-electron chi connectivity index (χ0n) is 11.9. The maximum atomic E-state index is 12.4. The predicted molar refractivity (Wildman–Crippen MR) is 85.5 cm³/mol. The average molecular weight is 306 g/mol. The van der Waals surface area contributed by atoms with Crippen LogP contribution in [0.1, 0.15) is 6.42 Å². The molecule has 4 nitrogen and oxygen atoms in total. The van der Waals surface area contributed by atoms with Crippen LogP contribution in [0.2, 0.25) is 5.02 Å². The number of benzene rings is 1. The number of nitrogens with two attached hydrogens (primary N) is 1. The highest BCUT2D eigenvalue weighted by Gasteiger charge is 2.29. The Bertz CT molecular complexity index is 535. The van der Waals surface area contributed by atoms with E-state index in [9.17, 15) is 4.79 Å². The van der Waals surface area contributed by atoms with Crippen molar-refractivity contribution in [3.63, 3.8) is 0 Å². The quantitative estimate of drug-likeness (QED) is 0.849. The van der Waals surface area contributed by atoms with E-state index in [1.807, 2.05) is 41.3 Å². The Kier molecular flexibility index (Phi) is 4.17. The van der Waals surface area contributed by atoms with Crippen LogP contribution in [0.15, 0.2) is 36.4 Å². The number of nitrogens with zero attached hydrogens (tertiary/aromatic N) is 2. The first-order chi connectivity index (χ1) is 10.1. The zero-order valence-corrected chi connectivity index (χ0v) is 12.7. The molecule has 0 bridgehead atoms. The molecule has 5 heteroatoms. The van der Waals surface area contributed by atoms with E-state index < -0.39 is 0 Å². The number of amides is 1. The largest absolute Gasteiger partial charge is 0.368 e. The number of anilines is 1. The summed E-state index contributed by atoms with van der Waals surface area (Å²) >= 11 is 5.91. The van der Waals surface area contributed by atoms with Crippen molar-refractivity contribution >= 4 is 23.2 Å². The lowest BCUT2D eigenvalue weighted by Gasteiger charge is -2.37. The molecule has 21 heavy (non-hydrogen) atoms. The molecule has 0 aromatic heterocycles. The molecule has 3 rings (SSSR count). The normalized spacial score (nSPS) is 25.4. The third kappa shape index (κ3) is 3.22. The van der Waals surface area contributed by atoms with E-state index in [4.69, 9.17) is 17.3 Å². The van der Waals surface area contributed by atoms with Gasteiger partial charge in [-0.3, -0.25) is 4.79 Å². The first-order valence-corrected chi connectivity index (χ1v) is 7.74. The summed E-state index contributed by atoms with van der Waals surface area (Å²) in [6.07, 6.45) is 4.64. The second kappa shape index (κ2) is 6.08. The van der Waals surface area contributed by atoms with Gasteiger partial charge < -0.3 is 15.5 Å². The number of carbonyl (C=O) groups excluding carboxylic acids is 1. The van der Waals surface area contributed by atoms with Crippen LogP contribution in [0, 0.1) is 5.92 Å². The summed E-state index contributed by atoms with van der Waals surface area (Å²) in [6.45, 7) is 3.24. The van der Waals surface area contributed by atoms with Gasteiger partial charge in [-0.25, -0.2) is 0 Å². The standard InChI is InChI=1S/C16H20ClN3O/c17-13-2-5-15(6-3-13)19-7-9-20(10-8-19)16(21)12-1-4-14(18)11-12/h1-6,12,14H,7-11,18H2. The van der Waals surface area contributed by atoms with Gasteiger partial charge in [-0.2, -0.15) is 0 Å². The van der Waals surface area contributed by atoms with Gasteiger partial charge in [0.05, 0.1) is 5.92 Å². The molecule has 0 spiro atoms. The Balaban J connectivity index is 1.56. The Morgan fingerprint density at radius 1 is 1.10 bits per heavy atom. The summed E-state index contributed by atoms with van der Waals surface area (Å²) in [7, 11) is 0.